The van der Waals surface area contributed by atoms with Gasteiger partial charge in [-0.3, -0.25) is 38.4 Å². The molecule has 9 atom stereocenters. The minimum atomic E-state index is -1.54. The van der Waals surface area contributed by atoms with Crippen LogP contribution in [-0.4, -0.2) is 69.4 Å². The van der Waals surface area contributed by atoms with Gasteiger partial charge in [-0.05, 0) is 37.5 Å². The third-order valence-electron chi connectivity index (χ3n) is 12.3. The lowest BCUT2D eigenvalue weighted by Gasteiger charge is -2.61. The van der Waals surface area contributed by atoms with Crippen molar-refractivity contribution in [3.8, 4) is 0 Å². The number of hydrogen-bond acceptors (Lipinski definition) is 10. The summed E-state index contributed by atoms with van der Waals surface area (Å²) in [6.45, 7) is 13.2. The quantitative estimate of drug-likeness (QED) is 0.254. The first-order chi connectivity index (χ1) is 21.5. The van der Waals surface area contributed by atoms with Crippen molar-refractivity contribution >= 4 is 47.0 Å². The first kappa shape index (κ1) is 36.1. The van der Waals surface area contributed by atoms with E-state index in [1.165, 1.54) is 13.8 Å². The number of carboxylic acids is 2. The van der Waals surface area contributed by atoms with Crippen LogP contribution in [0, 0.1) is 45.3 Å². The fourth-order valence-electron chi connectivity index (χ4n) is 9.69. The summed E-state index contributed by atoms with van der Waals surface area (Å²) in [5.74, 6) is -8.24. The van der Waals surface area contributed by atoms with Gasteiger partial charge in [0.2, 0.25) is 5.78 Å². The maximum absolute atomic E-state index is 14.8. The van der Waals surface area contributed by atoms with Gasteiger partial charge in [0.1, 0.15) is 24.1 Å². The number of fused-ring (bicyclic) bond motifs is 4. The molecule has 4 aliphatic rings. The topological polar surface area (TPSA) is 195 Å². The van der Waals surface area contributed by atoms with E-state index in [2.05, 4.69) is 0 Å². The van der Waals surface area contributed by atoms with Crippen LogP contribution >= 0.6 is 0 Å². The molecule has 0 bridgehead atoms. The first-order valence-electron chi connectivity index (χ1n) is 16.2. The zero-order valence-corrected chi connectivity index (χ0v) is 28.4. The molecule has 4 aliphatic carbocycles. The SMILES string of the molecule is CC(=O)OC1C(=O)C2=C(C(=O)CC3C2(C)CCC(OC(=O)CC(=O)O)C3(C)C)C2(C)C(=O)CC(C(C)CC(=O)CC(C)C(=O)O)C12C. The standard InChI is InChI=1S/C35H46O12/c1-16(11-19(37)12-17(2)31(44)45)20-13-23(39)35(8)27-21(38)14-22-32(4,5)24(47-26(42)15-25(40)41)9-10-33(22,6)28(27)29(43)30(34(20,35)7)46-18(3)36/h16-17,20,22,24,30H,9-15H2,1-8H3,(H,40,41)(H,44,45). The van der Waals surface area contributed by atoms with E-state index in [1.54, 1.807) is 20.8 Å². The van der Waals surface area contributed by atoms with Gasteiger partial charge >= 0.3 is 23.9 Å². The first-order valence-corrected chi connectivity index (χ1v) is 16.2. The molecule has 12 nitrogen and oxygen atoms in total. The summed E-state index contributed by atoms with van der Waals surface area (Å²) in [5.41, 5.74) is -4.50. The Hall–Kier alpha value is -3.70. The number of carbonyl (C=O) groups is 8. The van der Waals surface area contributed by atoms with Crippen molar-refractivity contribution < 1.29 is 58.0 Å². The van der Waals surface area contributed by atoms with E-state index in [1.807, 2.05) is 20.8 Å². The summed E-state index contributed by atoms with van der Waals surface area (Å²) >= 11 is 0. The zero-order valence-electron chi connectivity index (χ0n) is 28.4. The average molecular weight is 659 g/mol. The molecule has 4 rings (SSSR count). The lowest BCUT2D eigenvalue weighted by molar-refractivity contribution is -0.180. The van der Waals surface area contributed by atoms with Crippen LogP contribution in [0.3, 0.4) is 0 Å². The number of esters is 2. The Bertz CT molecular complexity index is 1490. The van der Waals surface area contributed by atoms with Crippen LogP contribution in [0.5, 0.6) is 0 Å². The van der Waals surface area contributed by atoms with Gasteiger partial charge in [0.05, 0.1) is 11.3 Å². The number of aliphatic carboxylic acids is 2. The minimum Gasteiger partial charge on any atom is -0.481 e. The summed E-state index contributed by atoms with van der Waals surface area (Å²) in [7, 11) is 0. The second kappa shape index (κ2) is 12.1. The fourth-order valence-corrected chi connectivity index (χ4v) is 9.69. The largest absolute Gasteiger partial charge is 0.481 e. The molecule has 0 aliphatic heterocycles. The highest BCUT2D eigenvalue weighted by Gasteiger charge is 2.75. The lowest BCUT2D eigenvalue weighted by atomic mass is 9.42. The highest BCUT2D eigenvalue weighted by molar-refractivity contribution is 6.18. The highest BCUT2D eigenvalue weighted by atomic mass is 16.6. The van der Waals surface area contributed by atoms with Crippen LogP contribution in [0.1, 0.15) is 100 Å². The van der Waals surface area contributed by atoms with Gasteiger partial charge in [-0.1, -0.05) is 41.5 Å². The molecule has 0 aromatic rings. The Labute approximate surface area is 274 Å². The number of ketones is 4. The van der Waals surface area contributed by atoms with Crippen molar-refractivity contribution in [2.75, 3.05) is 0 Å². The van der Waals surface area contributed by atoms with E-state index < -0.39 is 99.4 Å². The van der Waals surface area contributed by atoms with Crippen molar-refractivity contribution in [3.63, 3.8) is 0 Å². The predicted molar refractivity (Wildman–Crippen MR) is 163 cm³/mol. The number of carboxylic acid groups (broad SMARTS) is 2. The third kappa shape index (κ3) is 5.55. The van der Waals surface area contributed by atoms with Crippen molar-refractivity contribution in [1.82, 2.24) is 0 Å². The molecular weight excluding hydrogens is 612 g/mol. The average Bonchev–Trinajstić information content (AvgIpc) is 3.15. The fraction of sp³-hybridized carbons (Fsp3) is 0.714. The summed E-state index contributed by atoms with van der Waals surface area (Å²) in [6, 6.07) is 0. The predicted octanol–water partition coefficient (Wildman–Crippen LogP) is 3.91. The Morgan fingerprint density at radius 3 is 2.06 bits per heavy atom. The molecule has 47 heavy (non-hydrogen) atoms. The van der Waals surface area contributed by atoms with E-state index in [9.17, 15) is 43.5 Å². The Kier molecular flexibility index (Phi) is 9.29. The smallest absolute Gasteiger partial charge is 0.317 e. The molecule has 2 saturated carbocycles. The molecule has 0 heterocycles. The van der Waals surface area contributed by atoms with Crippen LogP contribution in [0.2, 0.25) is 0 Å². The van der Waals surface area contributed by atoms with E-state index in [0.717, 1.165) is 0 Å². The number of Topliss-reactive ketones (excluding diaryl/α,β-unsaturated/α-hetero) is 4. The third-order valence-corrected chi connectivity index (χ3v) is 12.3. The Morgan fingerprint density at radius 2 is 1.51 bits per heavy atom. The molecule has 12 heteroatoms. The van der Waals surface area contributed by atoms with E-state index in [4.69, 9.17) is 14.6 Å². The Balaban J connectivity index is 1.83. The summed E-state index contributed by atoms with van der Waals surface area (Å²) in [4.78, 5) is 104. The number of hydrogen-bond donors (Lipinski definition) is 2. The lowest BCUT2D eigenvalue weighted by Crippen LogP contribution is -2.65. The van der Waals surface area contributed by atoms with Gasteiger partial charge in [-0.15, -0.1) is 0 Å². The van der Waals surface area contributed by atoms with Crippen LogP contribution in [0.4, 0.5) is 0 Å². The molecule has 0 spiro atoms. The molecule has 2 N–H and O–H groups in total. The molecule has 9 unspecified atom stereocenters. The summed E-state index contributed by atoms with van der Waals surface area (Å²) in [5, 5.41) is 18.3. The van der Waals surface area contributed by atoms with Crippen LogP contribution < -0.4 is 0 Å². The van der Waals surface area contributed by atoms with Gasteiger partial charge < -0.3 is 19.7 Å². The van der Waals surface area contributed by atoms with Crippen molar-refractivity contribution in [2.24, 2.45) is 45.3 Å². The molecule has 0 aromatic carbocycles. The molecule has 0 aromatic heterocycles. The van der Waals surface area contributed by atoms with Gasteiger partial charge in [-0.25, -0.2) is 0 Å². The van der Waals surface area contributed by atoms with Crippen molar-refractivity contribution in [2.45, 2.75) is 113 Å². The van der Waals surface area contributed by atoms with E-state index >= 15 is 0 Å². The number of carbonyl (C=O) groups excluding carboxylic acids is 6. The summed E-state index contributed by atoms with van der Waals surface area (Å²) < 4.78 is 11.4. The maximum atomic E-state index is 14.8. The van der Waals surface area contributed by atoms with E-state index in [0.29, 0.717) is 0 Å². The molecule has 0 saturated heterocycles. The van der Waals surface area contributed by atoms with Gasteiger partial charge in [-0.2, -0.15) is 0 Å². The van der Waals surface area contributed by atoms with Crippen LogP contribution in [0.15, 0.2) is 11.1 Å². The van der Waals surface area contributed by atoms with Crippen molar-refractivity contribution in [1.29, 1.82) is 0 Å². The van der Waals surface area contributed by atoms with Gasteiger partial charge in [0.15, 0.2) is 11.9 Å². The highest BCUT2D eigenvalue weighted by Crippen LogP contribution is 2.70. The normalized spacial score (nSPS) is 35.6. The monoisotopic (exact) mass is 658 g/mol. The second-order valence-electron chi connectivity index (χ2n) is 15.4. The Morgan fingerprint density at radius 1 is 0.894 bits per heavy atom. The molecular formula is C35H46O12. The number of allylic oxidation sites excluding steroid dienone is 1. The number of rotatable bonds is 10. The van der Waals surface area contributed by atoms with Crippen molar-refractivity contribution in [3.05, 3.63) is 11.1 Å². The maximum Gasteiger partial charge on any atom is 0.317 e. The molecule has 0 radical (unpaired) electrons. The van der Waals surface area contributed by atoms with Gasteiger partial charge in [0, 0.05) is 60.0 Å². The van der Waals surface area contributed by atoms with Gasteiger partial charge in [0.25, 0.3) is 0 Å². The minimum absolute atomic E-state index is 0.0500. The summed E-state index contributed by atoms with van der Waals surface area (Å²) in [6.07, 6.45) is -2.81. The van der Waals surface area contributed by atoms with E-state index in [-0.39, 0.29) is 61.2 Å². The molecule has 0 amide bonds. The zero-order chi connectivity index (χ0) is 35.6. The van der Waals surface area contributed by atoms with Crippen LogP contribution in [-0.2, 0) is 47.8 Å². The van der Waals surface area contributed by atoms with Crippen LogP contribution in [0.25, 0.3) is 0 Å². The molecule has 2 fully saturated rings. The second-order valence-corrected chi connectivity index (χ2v) is 15.4. The molecule has 258 valence electrons. The number of ether oxygens (including phenoxy) is 2.